The van der Waals surface area contributed by atoms with E-state index in [1.165, 1.54) is 0 Å². The molecule has 1 unspecified atom stereocenters. The molecule has 0 saturated heterocycles. The van der Waals surface area contributed by atoms with Crippen molar-refractivity contribution < 1.29 is 14.3 Å². The molecule has 5 nitrogen and oxygen atoms in total. The minimum atomic E-state index is -1.29. The van der Waals surface area contributed by atoms with Crippen molar-refractivity contribution in [2.24, 2.45) is 5.73 Å². The molecule has 21 heavy (non-hydrogen) atoms. The van der Waals surface area contributed by atoms with Crippen molar-refractivity contribution in [2.75, 3.05) is 0 Å². The maximum atomic E-state index is 12.0. The van der Waals surface area contributed by atoms with Crippen LogP contribution in [-0.2, 0) is 15.1 Å². The molecule has 2 amide bonds. The molecule has 0 heterocycles. The summed E-state index contributed by atoms with van der Waals surface area (Å²) in [5, 5.41) is 2.62. The summed E-state index contributed by atoms with van der Waals surface area (Å²) in [5.41, 5.74) is 4.22. The number of primary amides is 1. The second-order valence-electron chi connectivity index (χ2n) is 5.76. The molecule has 3 N–H and O–H groups in total. The highest BCUT2D eigenvalue weighted by atomic mass is 79.9. The highest BCUT2D eigenvalue weighted by Crippen LogP contribution is 2.27. The molecule has 1 atom stereocenters. The number of amides is 2. The first kappa shape index (κ1) is 17.5. The van der Waals surface area contributed by atoms with Crippen LogP contribution in [0, 0.1) is 0 Å². The summed E-state index contributed by atoms with van der Waals surface area (Å²) in [4.78, 5) is 24.0. The Morgan fingerprint density at radius 3 is 2.14 bits per heavy atom. The zero-order valence-electron chi connectivity index (χ0n) is 12.7. The highest BCUT2D eigenvalue weighted by Gasteiger charge is 2.39. The minimum Gasteiger partial charge on any atom is -0.444 e. The minimum absolute atomic E-state index is 0.323. The Kier molecular flexibility index (Phi) is 5.39. The molecular weight excluding hydrogens is 336 g/mol. The number of carbonyl (C=O) groups is 2. The van der Waals surface area contributed by atoms with Gasteiger partial charge in [-0.25, -0.2) is 4.79 Å². The Hall–Kier alpha value is -1.56. The number of alkyl carbamates (subject to hydrolysis) is 1. The van der Waals surface area contributed by atoms with Crippen LogP contribution in [0.1, 0.15) is 39.7 Å². The maximum Gasteiger partial charge on any atom is 0.408 e. The van der Waals surface area contributed by atoms with Crippen molar-refractivity contribution in [1.29, 1.82) is 0 Å². The Morgan fingerprint density at radius 1 is 1.24 bits per heavy atom. The van der Waals surface area contributed by atoms with Gasteiger partial charge in [0.2, 0.25) is 5.91 Å². The summed E-state index contributed by atoms with van der Waals surface area (Å²) in [6.45, 7) is 7.04. The topological polar surface area (TPSA) is 81.4 Å². The predicted molar refractivity (Wildman–Crippen MR) is 84.7 cm³/mol. The van der Waals surface area contributed by atoms with Gasteiger partial charge < -0.3 is 15.8 Å². The smallest absolute Gasteiger partial charge is 0.408 e. The first-order chi connectivity index (χ1) is 9.60. The van der Waals surface area contributed by atoms with E-state index >= 15 is 0 Å². The third-order valence-corrected chi connectivity index (χ3v) is 3.53. The summed E-state index contributed by atoms with van der Waals surface area (Å²) in [6.07, 6.45) is -0.352. The number of hydrogen-bond donors (Lipinski definition) is 2. The number of rotatable bonds is 4. The van der Waals surface area contributed by atoms with E-state index in [0.29, 0.717) is 12.0 Å². The van der Waals surface area contributed by atoms with Gasteiger partial charge in [0.1, 0.15) is 11.1 Å². The van der Waals surface area contributed by atoms with Gasteiger partial charge in [-0.1, -0.05) is 35.0 Å². The van der Waals surface area contributed by atoms with Crippen LogP contribution in [0.25, 0.3) is 0 Å². The molecule has 116 valence electrons. The van der Waals surface area contributed by atoms with E-state index < -0.39 is 23.1 Å². The zero-order valence-corrected chi connectivity index (χ0v) is 14.3. The molecule has 1 aromatic rings. The number of benzene rings is 1. The third-order valence-electron chi connectivity index (χ3n) is 3.00. The van der Waals surface area contributed by atoms with Crippen molar-refractivity contribution in [2.45, 2.75) is 45.3 Å². The van der Waals surface area contributed by atoms with E-state index in [4.69, 9.17) is 10.5 Å². The lowest BCUT2D eigenvalue weighted by atomic mass is 9.86. The number of hydrogen-bond acceptors (Lipinski definition) is 3. The molecule has 0 aromatic heterocycles. The van der Waals surface area contributed by atoms with Crippen LogP contribution < -0.4 is 11.1 Å². The van der Waals surface area contributed by atoms with E-state index in [1.807, 2.05) is 0 Å². The van der Waals surface area contributed by atoms with Crippen molar-refractivity contribution in [1.82, 2.24) is 5.32 Å². The van der Waals surface area contributed by atoms with Crippen molar-refractivity contribution in [3.8, 4) is 0 Å². The van der Waals surface area contributed by atoms with E-state index in [9.17, 15) is 9.59 Å². The monoisotopic (exact) mass is 356 g/mol. The maximum absolute atomic E-state index is 12.0. The van der Waals surface area contributed by atoms with Gasteiger partial charge in [0.05, 0.1) is 0 Å². The van der Waals surface area contributed by atoms with Crippen LogP contribution in [0.4, 0.5) is 4.79 Å². The fraction of sp³-hybridized carbons (Fsp3) is 0.467. The second kappa shape index (κ2) is 6.47. The summed E-state index contributed by atoms with van der Waals surface area (Å²) in [6, 6.07) is 7.07. The van der Waals surface area contributed by atoms with Gasteiger partial charge >= 0.3 is 6.09 Å². The van der Waals surface area contributed by atoms with Crippen LogP contribution in [0.5, 0.6) is 0 Å². The lowest BCUT2D eigenvalue weighted by molar-refractivity contribution is -0.125. The average molecular weight is 357 g/mol. The fourth-order valence-electron chi connectivity index (χ4n) is 1.96. The molecular formula is C15H21BrN2O3. The van der Waals surface area contributed by atoms with E-state index in [1.54, 1.807) is 52.0 Å². The normalized spacial score (nSPS) is 14.1. The molecule has 0 fully saturated rings. The lowest BCUT2D eigenvalue weighted by Gasteiger charge is -2.32. The standard InChI is InChI=1S/C15H21BrN2O3/c1-5-15(12(17)19,10-6-8-11(16)9-7-10)18-13(20)21-14(2,3)4/h6-9H,5H2,1-4H3,(H2,17,19)(H,18,20). The summed E-state index contributed by atoms with van der Waals surface area (Å²) >= 11 is 3.33. The van der Waals surface area contributed by atoms with Crippen LogP contribution in [0.15, 0.2) is 28.7 Å². The van der Waals surface area contributed by atoms with Crippen molar-refractivity contribution in [3.63, 3.8) is 0 Å². The third kappa shape index (κ3) is 4.46. The number of ether oxygens (including phenoxy) is 1. The van der Waals surface area contributed by atoms with Crippen LogP contribution >= 0.6 is 15.9 Å². The Bertz CT molecular complexity index is 523. The molecule has 0 aliphatic rings. The lowest BCUT2D eigenvalue weighted by Crippen LogP contribution is -2.55. The first-order valence-electron chi connectivity index (χ1n) is 6.68. The molecule has 0 spiro atoms. The molecule has 0 saturated carbocycles. The van der Waals surface area contributed by atoms with Crippen LogP contribution in [0.2, 0.25) is 0 Å². The first-order valence-corrected chi connectivity index (χ1v) is 7.47. The van der Waals surface area contributed by atoms with Gasteiger partial charge in [-0.15, -0.1) is 0 Å². The summed E-state index contributed by atoms with van der Waals surface area (Å²) in [5.74, 6) is -0.627. The molecule has 0 radical (unpaired) electrons. The Morgan fingerprint density at radius 2 is 1.76 bits per heavy atom. The van der Waals surface area contributed by atoms with Crippen molar-refractivity contribution >= 4 is 27.9 Å². The Labute approximate surface area is 133 Å². The van der Waals surface area contributed by atoms with Gasteiger partial charge in [-0.3, -0.25) is 4.79 Å². The summed E-state index contributed by atoms with van der Waals surface area (Å²) < 4.78 is 6.10. The van der Waals surface area contributed by atoms with Gasteiger partial charge in [-0.05, 0) is 44.9 Å². The Balaban J connectivity index is 3.13. The largest absolute Gasteiger partial charge is 0.444 e. The van der Waals surface area contributed by atoms with E-state index in [2.05, 4.69) is 21.2 Å². The fourth-order valence-corrected chi connectivity index (χ4v) is 2.22. The quantitative estimate of drug-likeness (QED) is 0.869. The molecule has 0 bridgehead atoms. The average Bonchev–Trinajstić information content (AvgIpc) is 2.34. The van der Waals surface area contributed by atoms with Gasteiger partial charge in [0, 0.05) is 4.47 Å². The van der Waals surface area contributed by atoms with Crippen LogP contribution in [-0.4, -0.2) is 17.6 Å². The van der Waals surface area contributed by atoms with E-state index in [-0.39, 0.29) is 0 Å². The molecule has 0 aliphatic heterocycles. The zero-order chi connectivity index (χ0) is 16.3. The molecule has 6 heteroatoms. The molecule has 1 rings (SSSR count). The number of nitrogens with two attached hydrogens (primary N) is 1. The van der Waals surface area contributed by atoms with E-state index in [0.717, 1.165) is 4.47 Å². The second-order valence-corrected chi connectivity index (χ2v) is 6.67. The number of carbonyl (C=O) groups excluding carboxylic acids is 2. The van der Waals surface area contributed by atoms with Gasteiger partial charge in [0.25, 0.3) is 0 Å². The van der Waals surface area contributed by atoms with Gasteiger partial charge in [-0.2, -0.15) is 0 Å². The number of nitrogens with one attached hydrogen (secondary N) is 1. The predicted octanol–water partition coefficient (Wildman–Crippen LogP) is 3.06. The SMILES string of the molecule is CCC(NC(=O)OC(C)(C)C)(C(N)=O)c1ccc(Br)cc1. The molecule has 1 aromatic carbocycles. The highest BCUT2D eigenvalue weighted by molar-refractivity contribution is 9.10. The molecule has 0 aliphatic carbocycles. The van der Waals surface area contributed by atoms with Crippen molar-refractivity contribution in [3.05, 3.63) is 34.3 Å². The van der Waals surface area contributed by atoms with Crippen LogP contribution in [0.3, 0.4) is 0 Å². The number of halogens is 1. The van der Waals surface area contributed by atoms with Gasteiger partial charge in [0.15, 0.2) is 0 Å². The summed E-state index contributed by atoms with van der Waals surface area (Å²) in [7, 11) is 0.